The first kappa shape index (κ1) is 16.3. The maximum absolute atomic E-state index is 10.4. The predicted molar refractivity (Wildman–Crippen MR) is 85.7 cm³/mol. The van der Waals surface area contributed by atoms with Gasteiger partial charge in [0.25, 0.3) is 0 Å². The molecule has 1 unspecified atom stereocenters. The van der Waals surface area contributed by atoms with Crippen molar-refractivity contribution in [2.45, 2.75) is 33.0 Å². The summed E-state index contributed by atoms with van der Waals surface area (Å²) >= 11 is 0. The van der Waals surface area contributed by atoms with Crippen LogP contribution in [0.2, 0.25) is 0 Å². The highest BCUT2D eigenvalue weighted by molar-refractivity contribution is 5.28. The molecule has 4 nitrogen and oxygen atoms in total. The molecule has 0 saturated carbocycles. The highest BCUT2D eigenvalue weighted by Gasteiger charge is 2.19. The van der Waals surface area contributed by atoms with Crippen molar-refractivity contribution >= 4 is 0 Å². The quantitative estimate of drug-likeness (QED) is 0.871. The van der Waals surface area contributed by atoms with Crippen LogP contribution in [0.25, 0.3) is 0 Å². The van der Waals surface area contributed by atoms with Crippen LogP contribution < -0.4 is 4.74 Å². The van der Waals surface area contributed by atoms with Gasteiger partial charge in [-0.15, -0.1) is 0 Å². The third-order valence-corrected chi connectivity index (χ3v) is 3.98. The zero-order valence-corrected chi connectivity index (χ0v) is 13.5. The predicted octanol–water partition coefficient (Wildman–Crippen LogP) is 2.14. The number of rotatable bonds is 6. The highest BCUT2D eigenvalue weighted by Crippen LogP contribution is 2.20. The van der Waals surface area contributed by atoms with Gasteiger partial charge in [0.1, 0.15) is 5.75 Å². The number of ether oxygens (including phenoxy) is 1. The molecule has 0 amide bonds. The summed E-state index contributed by atoms with van der Waals surface area (Å²) in [5, 5.41) is 10.4. The average molecular weight is 292 g/mol. The molecule has 0 radical (unpaired) electrons. The van der Waals surface area contributed by atoms with E-state index in [9.17, 15) is 5.11 Å². The van der Waals surface area contributed by atoms with Crippen molar-refractivity contribution < 1.29 is 9.84 Å². The van der Waals surface area contributed by atoms with Crippen LogP contribution in [0.5, 0.6) is 5.75 Å². The van der Waals surface area contributed by atoms with Crippen molar-refractivity contribution in [2.24, 2.45) is 0 Å². The number of hydrogen-bond donors (Lipinski definition) is 1. The molecule has 0 aliphatic carbocycles. The maximum atomic E-state index is 10.4. The Labute approximate surface area is 128 Å². The minimum Gasteiger partial charge on any atom is -0.491 e. The molecule has 118 valence electrons. The Hall–Kier alpha value is -1.10. The molecule has 1 aliphatic heterocycles. The van der Waals surface area contributed by atoms with Gasteiger partial charge in [-0.1, -0.05) is 19.1 Å². The van der Waals surface area contributed by atoms with E-state index in [4.69, 9.17) is 4.74 Å². The first-order chi connectivity index (χ1) is 10.1. The van der Waals surface area contributed by atoms with E-state index in [0.717, 1.165) is 44.0 Å². The Morgan fingerprint density at radius 1 is 1.05 bits per heavy atom. The molecule has 0 bridgehead atoms. The van der Waals surface area contributed by atoms with E-state index in [-0.39, 0.29) is 6.10 Å². The van der Waals surface area contributed by atoms with Crippen molar-refractivity contribution in [3.8, 4) is 5.75 Å². The molecular formula is C17H28N2O2. The molecule has 1 atom stereocenters. The van der Waals surface area contributed by atoms with Crippen molar-refractivity contribution in [1.29, 1.82) is 0 Å². The van der Waals surface area contributed by atoms with E-state index in [0.29, 0.717) is 6.54 Å². The lowest BCUT2D eigenvalue weighted by molar-refractivity contribution is 0.0743. The summed E-state index contributed by atoms with van der Waals surface area (Å²) in [6.45, 7) is 12.3. The Balaban J connectivity index is 1.84. The van der Waals surface area contributed by atoms with Crippen LogP contribution in [0.15, 0.2) is 24.3 Å². The van der Waals surface area contributed by atoms with E-state index in [1.807, 2.05) is 38.1 Å². The molecule has 0 spiro atoms. The lowest BCUT2D eigenvalue weighted by Crippen LogP contribution is -2.47. The summed E-state index contributed by atoms with van der Waals surface area (Å²) < 4.78 is 5.63. The molecule has 1 heterocycles. The zero-order valence-electron chi connectivity index (χ0n) is 13.5. The number of nitrogens with zero attached hydrogens (tertiary/aromatic N) is 2. The summed E-state index contributed by atoms with van der Waals surface area (Å²) in [7, 11) is 0. The smallest absolute Gasteiger partial charge is 0.119 e. The number of aliphatic hydroxyl groups is 1. The topological polar surface area (TPSA) is 35.9 Å². The molecule has 2 rings (SSSR count). The van der Waals surface area contributed by atoms with Gasteiger partial charge in [0.15, 0.2) is 0 Å². The Morgan fingerprint density at radius 2 is 1.62 bits per heavy atom. The first-order valence-electron chi connectivity index (χ1n) is 7.98. The number of aliphatic hydroxyl groups excluding tert-OH is 1. The fourth-order valence-electron chi connectivity index (χ4n) is 2.68. The van der Waals surface area contributed by atoms with Gasteiger partial charge in [-0.05, 0) is 38.1 Å². The molecule has 4 heteroatoms. The summed E-state index contributed by atoms with van der Waals surface area (Å²) in [5.74, 6) is 0.859. The van der Waals surface area contributed by atoms with Crippen molar-refractivity contribution in [3.63, 3.8) is 0 Å². The fraction of sp³-hybridized carbons (Fsp3) is 0.647. The van der Waals surface area contributed by atoms with Gasteiger partial charge in [0.2, 0.25) is 0 Å². The lowest BCUT2D eigenvalue weighted by atomic mass is 10.1. The molecule has 1 aromatic rings. The van der Waals surface area contributed by atoms with Gasteiger partial charge < -0.3 is 14.7 Å². The van der Waals surface area contributed by atoms with Crippen LogP contribution in [0.4, 0.5) is 0 Å². The van der Waals surface area contributed by atoms with E-state index in [1.165, 1.54) is 0 Å². The highest BCUT2D eigenvalue weighted by atomic mass is 16.5. The third kappa shape index (κ3) is 4.99. The largest absolute Gasteiger partial charge is 0.491 e. The van der Waals surface area contributed by atoms with Crippen LogP contribution in [-0.2, 0) is 0 Å². The van der Waals surface area contributed by atoms with Crippen molar-refractivity contribution in [1.82, 2.24) is 9.80 Å². The van der Waals surface area contributed by atoms with Gasteiger partial charge in [-0.3, -0.25) is 4.90 Å². The van der Waals surface area contributed by atoms with E-state index in [1.54, 1.807) is 0 Å². The SMILES string of the molecule is CCN1CCN(CC(O)c2ccc(OC(C)C)cc2)CC1. The second-order valence-corrected chi connectivity index (χ2v) is 5.99. The monoisotopic (exact) mass is 292 g/mol. The Bertz CT molecular complexity index is 411. The Morgan fingerprint density at radius 3 is 2.14 bits per heavy atom. The number of likely N-dealkylation sites (N-methyl/N-ethyl adjacent to an activating group) is 1. The van der Waals surface area contributed by atoms with Crippen LogP contribution in [0.3, 0.4) is 0 Å². The summed E-state index contributed by atoms with van der Waals surface area (Å²) in [5.41, 5.74) is 0.962. The van der Waals surface area contributed by atoms with Crippen LogP contribution >= 0.6 is 0 Å². The van der Waals surface area contributed by atoms with Crippen molar-refractivity contribution in [3.05, 3.63) is 29.8 Å². The first-order valence-corrected chi connectivity index (χ1v) is 7.98. The molecule has 1 N–H and O–H groups in total. The lowest BCUT2D eigenvalue weighted by Gasteiger charge is -2.35. The molecule has 1 aromatic carbocycles. The standard InChI is InChI=1S/C17H28N2O2/c1-4-18-9-11-19(12-10-18)13-17(20)15-5-7-16(8-6-15)21-14(2)3/h5-8,14,17,20H,4,9-13H2,1-3H3. The van der Waals surface area contributed by atoms with E-state index in [2.05, 4.69) is 16.7 Å². The molecule has 1 fully saturated rings. The van der Waals surface area contributed by atoms with Crippen LogP contribution in [0.1, 0.15) is 32.4 Å². The normalized spacial score (nSPS) is 18.9. The summed E-state index contributed by atoms with van der Waals surface area (Å²) in [4.78, 5) is 4.79. The Kier molecular flexibility index (Phi) is 6.03. The van der Waals surface area contributed by atoms with E-state index < -0.39 is 6.10 Å². The second-order valence-electron chi connectivity index (χ2n) is 5.99. The summed E-state index contributed by atoms with van der Waals surface area (Å²) in [6, 6.07) is 7.80. The van der Waals surface area contributed by atoms with Gasteiger partial charge in [-0.25, -0.2) is 0 Å². The molecule has 0 aromatic heterocycles. The molecule has 1 saturated heterocycles. The van der Waals surface area contributed by atoms with Crippen LogP contribution in [0, 0.1) is 0 Å². The van der Waals surface area contributed by atoms with E-state index >= 15 is 0 Å². The molecule has 1 aliphatic rings. The van der Waals surface area contributed by atoms with Gasteiger partial charge >= 0.3 is 0 Å². The number of benzene rings is 1. The molecular weight excluding hydrogens is 264 g/mol. The minimum atomic E-state index is -0.425. The fourth-order valence-corrected chi connectivity index (χ4v) is 2.68. The average Bonchev–Trinajstić information content (AvgIpc) is 2.48. The van der Waals surface area contributed by atoms with Crippen molar-refractivity contribution in [2.75, 3.05) is 39.3 Å². The number of hydrogen-bond acceptors (Lipinski definition) is 4. The third-order valence-electron chi connectivity index (χ3n) is 3.98. The van der Waals surface area contributed by atoms with Crippen LogP contribution in [-0.4, -0.2) is 60.3 Å². The summed E-state index contributed by atoms with van der Waals surface area (Å²) in [6.07, 6.45) is -0.248. The second kappa shape index (κ2) is 7.78. The van der Waals surface area contributed by atoms with Gasteiger partial charge in [0, 0.05) is 32.7 Å². The number of piperazine rings is 1. The number of β-amino-alcohol motifs (C(OH)–C–C–N with tert-alkyl or cyclic N) is 1. The zero-order chi connectivity index (χ0) is 15.2. The van der Waals surface area contributed by atoms with Gasteiger partial charge in [-0.2, -0.15) is 0 Å². The van der Waals surface area contributed by atoms with Gasteiger partial charge in [0.05, 0.1) is 12.2 Å². The molecule has 21 heavy (non-hydrogen) atoms. The minimum absolute atomic E-state index is 0.177. The maximum Gasteiger partial charge on any atom is 0.119 e.